The van der Waals surface area contributed by atoms with Crippen LogP contribution in [0.2, 0.25) is 0 Å². The lowest BCUT2D eigenvalue weighted by Gasteiger charge is -2.20. The van der Waals surface area contributed by atoms with Crippen LogP contribution in [0.3, 0.4) is 0 Å². The van der Waals surface area contributed by atoms with Crippen molar-refractivity contribution in [3.8, 4) is 5.75 Å². The minimum absolute atomic E-state index is 0.0448. The van der Waals surface area contributed by atoms with Gasteiger partial charge in [0, 0.05) is 11.9 Å². The molecule has 4 nitrogen and oxygen atoms in total. The van der Waals surface area contributed by atoms with E-state index in [1.165, 1.54) is 33.9 Å². The number of carbonyl (C=O) groups is 1. The third-order valence-electron chi connectivity index (χ3n) is 4.81. The number of hydrogen-bond acceptors (Lipinski definition) is 4. The Hall–Kier alpha value is -2.99. The second-order valence-electron chi connectivity index (χ2n) is 7.18. The highest BCUT2D eigenvalue weighted by Crippen LogP contribution is 2.25. The molecule has 1 heterocycles. The highest BCUT2D eigenvalue weighted by molar-refractivity contribution is 7.09. The van der Waals surface area contributed by atoms with Crippen LogP contribution >= 0.6 is 11.3 Å². The Kier molecular flexibility index (Phi) is 7.00. The van der Waals surface area contributed by atoms with Crippen molar-refractivity contribution >= 4 is 17.2 Å². The van der Waals surface area contributed by atoms with Gasteiger partial charge in [-0.2, -0.15) is 0 Å². The number of aromatic nitrogens is 1. The number of rotatable bonds is 8. The van der Waals surface area contributed by atoms with Crippen molar-refractivity contribution in [3.05, 3.63) is 93.2 Å². The van der Waals surface area contributed by atoms with Gasteiger partial charge < -0.3 is 9.64 Å². The Balaban J connectivity index is 1.69. The smallest absolute Gasteiger partial charge is 0.257 e. The summed E-state index contributed by atoms with van der Waals surface area (Å²) in [5.41, 5.74) is 4.24. The zero-order valence-electron chi connectivity index (χ0n) is 17.4. The summed E-state index contributed by atoms with van der Waals surface area (Å²) in [5, 5.41) is 2.72. The van der Waals surface area contributed by atoms with Gasteiger partial charge >= 0.3 is 0 Å². The summed E-state index contributed by atoms with van der Waals surface area (Å²) in [7, 11) is 0. The summed E-state index contributed by atoms with van der Waals surface area (Å²) in [6.07, 6.45) is 1.62. The Bertz CT molecular complexity index is 1060. The fourth-order valence-electron chi connectivity index (χ4n) is 3.15. The molecular weight excluding hydrogens is 399 g/mol. The number of hydrogen-bond donors (Lipinski definition) is 0. The topological polar surface area (TPSA) is 42.4 Å². The lowest BCUT2D eigenvalue weighted by molar-refractivity contribution is 0.0756. The van der Waals surface area contributed by atoms with Crippen LogP contribution in [0.1, 0.15) is 37.7 Å². The molecule has 0 N–H and O–H groups in total. The second-order valence-corrected chi connectivity index (χ2v) is 8.12. The van der Waals surface area contributed by atoms with Crippen LogP contribution in [0.25, 0.3) is 0 Å². The predicted octanol–water partition coefficient (Wildman–Crippen LogP) is 5.61. The minimum Gasteiger partial charge on any atom is -0.486 e. The van der Waals surface area contributed by atoms with Gasteiger partial charge in [-0.15, -0.1) is 17.9 Å². The van der Waals surface area contributed by atoms with Gasteiger partial charge in [0.2, 0.25) is 0 Å². The zero-order valence-corrected chi connectivity index (χ0v) is 18.3. The summed E-state index contributed by atoms with van der Waals surface area (Å²) >= 11 is 1.48. The lowest BCUT2D eigenvalue weighted by Crippen LogP contribution is -2.31. The molecule has 0 spiro atoms. The fourth-order valence-corrected chi connectivity index (χ4v) is 3.85. The van der Waals surface area contributed by atoms with Crippen molar-refractivity contribution in [3.63, 3.8) is 0 Å². The standard InChI is InChI=1S/C24H25FN2O2S/c1-5-10-27(24(28)20-8-6-7-9-21(20)25)13-19-15-30-23(26-19)14-29-22-12-16(2)11-17(3)18(22)4/h5-9,11-12,15H,1,10,13-14H2,2-4H3. The molecule has 0 bridgehead atoms. The number of carbonyl (C=O) groups excluding carboxylic acids is 1. The first kappa shape index (κ1) is 21.7. The van der Waals surface area contributed by atoms with Gasteiger partial charge in [0.15, 0.2) is 0 Å². The first-order chi connectivity index (χ1) is 14.4. The summed E-state index contributed by atoms with van der Waals surface area (Å²) in [6, 6.07) is 10.1. The van der Waals surface area contributed by atoms with Gasteiger partial charge in [-0.05, 0) is 55.7 Å². The van der Waals surface area contributed by atoms with Crippen molar-refractivity contribution in [2.24, 2.45) is 0 Å². The fraction of sp³-hybridized carbons (Fsp3) is 0.250. The molecule has 0 aliphatic carbocycles. The van der Waals surface area contributed by atoms with Crippen LogP contribution in [0.5, 0.6) is 5.75 Å². The molecule has 3 rings (SSSR count). The summed E-state index contributed by atoms with van der Waals surface area (Å²) < 4.78 is 20.0. The van der Waals surface area contributed by atoms with Crippen LogP contribution in [0.15, 0.2) is 54.4 Å². The van der Waals surface area contributed by atoms with Crippen molar-refractivity contribution in [2.45, 2.75) is 33.9 Å². The third kappa shape index (κ3) is 5.13. The number of benzene rings is 2. The van der Waals surface area contributed by atoms with E-state index in [0.29, 0.717) is 13.2 Å². The highest BCUT2D eigenvalue weighted by Gasteiger charge is 2.19. The molecule has 3 aromatic rings. The number of thiazole rings is 1. The van der Waals surface area contributed by atoms with Gasteiger partial charge in [0.1, 0.15) is 23.2 Å². The van der Waals surface area contributed by atoms with Crippen LogP contribution in [-0.4, -0.2) is 22.3 Å². The molecule has 2 aromatic carbocycles. The average molecular weight is 425 g/mol. The maximum absolute atomic E-state index is 14.0. The minimum atomic E-state index is -0.534. The van der Waals surface area contributed by atoms with Crippen LogP contribution in [0.4, 0.5) is 4.39 Å². The van der Waals surface area contributed by atoms with Gasteiger partial charge in [-0.25, -0.2) is 9.37 Å². The number of nitrogens with zero attached hydrogens (tertiary/aromatic N) is 2. The highest BCUT2D eigenvalue weighted by atomic mass is 32.1. The molecule has 1 aromatic heterocycles. The van der Waals surface area contributed by atoms with Gasteiger partial charge in [0.05, 0.1) is 17.8 Å². The summed E-state index contributed by atoms with van der Waals surface area (Å²) in [4.78, 5) is 18.9. The van der Waals surface area contributed by atoms with E-state index < -0.39 is 5.82 Å². The number of ether oxygens (including phenoxy) is 1. The van der Waals surface area contributed by atoms with E-state index in [1.54, 1.807) is 18.2 Å². The van der Waals surface area contributed by atoms with E-state index in [1.807, 2.05) is 25.3 Å². The van der Waals surface area contributed by atoms with E-state index in [0.717, 1.165) is 27.6 Å². The first-order valence-electron chi connectivity index (χ1n) is 9.67. The maximum Gasteiger partial charge on any atom is 0.257 e. The maximum atomic E-state index is 14.0. The number of amides is 1. The second kappa shape index (κ2) is 9.67. The largest absolute Gasteiger partial charge is 0.486 e. The summed E-state index contributed by atoms with van der Waals surface area (Å²) in [5.74, 6) is -0.0651. The lowest BCUT2D eigenvalue weighted by atomic mass is 10.1. The molecule has 1 amide bonds. The number of halogens is 1. The van der Waals surface area contributed by atoms with Gasteiger partial charge in [-0.1, -0.05) is 24.3 Å². The van der Waals surface area contributed by atoms with Gasteiger partial charge in [0.25, 0.3) is 5.91 Å². The van der Waals surface area contributed by atoms with E-state index in [2.05, 4.69) is 24.6 Å². The molecule has 0 unspecified atom stereocenters. The Morgan fingerprint density at radius 3 is 2.77 bits per heavy atom. The molecule has 30 heavy (non-hydrogen) atoms. The monoisotopic (exact) mass is 424 g/mol. The SMILES string of the molecule is C=CCN(Cc1csc(COc2cc(C)cc(C)c2C)n1)C(=O)c1ccccc1F. The average Bonchev–Trinajstić information content (AvgIpc) is 3.16. The Labute approximate surface area is 180 Å². The quantitative estimate of drug-likeness (QED) is 0.441. The van der Waals surface area contributed by atoms with E-state index in [-0.39, 0.29) is 18.0 Å². The molecule has 0 aliphatic rings. The summed E-state index contributed by atoms with van der Waals surface area (Å²) in [6.45, 7) is 10.8. The Morgan fingerprint density at radius 1 is 1.27 bits per heavy atom. The van der Waals surface area contributed by atoms with Crippen LogP contribution in [-0.2, 0) is 13.2 Å². The molecule has 0 radical (unpaired) electrons. The van der Waals surface area contributed by atoms with Crippen molar-refractivity contribution in [1.29, 1.82) is 0 Å². The third-order valence-corrected chi connectivity index (χ3v) is 5.68. The van der Waals surface area contributed by atoms with Crippen molar-refractivity contribution in [1.82, 2.24) is 9.88 Å². The number of aryl methyl sites for hydroxylation is 2. The molecular formula is C24H25FN2O2S. The van der Waals surface area contributed by atoms with E-state index >= 15 is 0 Å². The molecule has 0 fully saturated rings. The Morgan fingerprint density at radius 2 is 2.03 bits per heavy atom. The first-order valence-corrected chi connectivity index (χ1v) is 10.6. The van der Waals surface area contributed by atoms with Crippen molar-refractivity contribution in [2.75, 3.05) is 6.54 Å². The van der Waals surface area contributed by atoms with E-state index in [9.17, 15) is 9.18 Å². The van der Waals surface area contributed by atoms with Crippen LogP contribution in [0, 0.1) is 26.6 Å². The molecule has 0 saturated carbocycles. The van der Waals surface area contributed by atoms with E-state index in [4.69, 9.17) is 4.74 Å². The van der Waals surface area contributed by atoms with Crippen molar-refractivity contribution < 1.29 is 13.9 Å². The van der Waals surface area contributed by atoms with Crippen LogP contribution < -0.4 is 4.74 Å². The molecule has 0 saturated heterocycles. The normalized spacial score (nSPS) is 10.7. The molecule has 156 valence electrons. The van der Waals surface area contributed by atoms with Gasteiger partial charge in [-0.3, -0.25) is 4.79 Å². The molecule has 0 atom stereocenters. The predicted molar refractivity (Wildman–Crippen MR) is 118 cm³/mol. The molecule has 0 aliphatic heterocycles. The zero-order chi connectivity index (χ0) is 21.7. The molecule has 6 heteroatoms.